The van der Waals surface area contributed by atoms with Gasteiger partial charge in [-0.05, 0) is 66.8 Å². The minimum absolute atomic E-state index is 0.00414. The van der Waals surface area contributed by atoms with Gasteiger partial charge in [0.2, 0.25) is 5.91 Å². The number of piperidine rings is 1. The Labute approximate surface area is 168 Å². The monoisotopic (exact) mass is 399 g/mol. The molecular weight excluding hydrogens is 376 g/mol. The van der Waals surface area contributed by atoms with Crippen LogP contribution in [-0.2, 0) is 11.2 Å². The van der Waals surface area contributed by atoms with E-state index in [1.54, 1.807) is 22.8 Å². The summed E-state index contributed by atoms with van der Waals surface area (Å²) in [5, 5.41) is 2.90. The number of nitrogens with zero attached hydrogens (tertiary/aromatic N) is 2. The lowest BCUT2D eigenvalue weighted by Crippen LogP contribution is -2.41. The van der Waals surface area contributed by atoms with Crippen LogP contribution >= 0.6 is 0 Å². The Bertz CT molecular complexity index is 963. The number of nitrogens with one attached hydrogen (secondary N) is 1. The minimum atomic E-state index is -0.472. The van der Waals surface area contributed by atoms with Gasteiger partial charge in [-0.1, -0.05) is 0 Å². The molecule has 0 aliphatic carbocycles. The van der Waals surface area contributed by atoms with Gasteiger partial charge in [0.05, 0.1) is 0 Å². The van der Waals surface area contributed by atoms with Gasteiger partial charge in [0, 0.05) is 43.9 Å². The van der Waals surface area contributed by atoms with Crippen molar-refractivity contribution in [1.82, 2.24) is 4.90 Å². The standard InChI is InChI=1S/C22H23F2N3O2/c1-14(28)27-10-8-15-11-18(5-7-21(15)27)25-22(29)26-9-2-3-16(13-26)19-12-17(23)4-6-20(19)24/h4-7,11-12,16H,2-3,8-10,13H2,1H3,(H,25,29). The topological polar surface area (TPSA) is 52.7 Å². The van der Waals surface area contributed by atoms with Gasteiger partial charge < -0.3 is 15.1 Å². The Hall–Kier alpha value is -2.96. The van der Waals surface area contributed by atoms with E-state index in [-0.39, 0.29) is 17.9 Å². The molecule has 7 heteroatoms. The zero-order valence-corrected chi connectivity index (χ0v) is 16.3. The van der Waals surface area contributed by atoms with Gasteiger partial charge in [-0.3, -0.25) is 4.79 Å². The van der Waals surface area contributed by atoms with E-state index in [2.05, 4.69) is 5.32 Å². The minimum Gasteiger partial charge on any atom is -0.324 e. The fourth-order valence-electron chi connectivity index (χ4n) is 4.25. The first kappa shape index (κ1) is 19.4. The Kier molecular flexibility index (Phi) is 5.22. The molecule has 4 rings (SSSR count). The second-order valence-corrected chi connectivity index (χ2v) is 7.65. The van der Waals surface area contributed by atoms with E-state index in [1.807, 2.05) is 12.1 Å². The van der Waals surface area contributed by atoms with Gasteiger partial charge >= 0.3 is 6.03 Å². The summed E-state index contributed by atoms with van der Waals surface area (Å²) in [6, 6.07) is 8.73. The second kappa shape index (κ2) is 7.81. The molecule has 2 aromatic rings. The van der Waals surface area contributed by atoms with Gasteiger partial charge in [-0.15, -0.1) is 0 Å². The van der Waals surface area contributed by atoms with E-state index < -0.39 is 11.6 Å². The number of benzene rings is 2. The largest absolute Gasteiger partial charge is 0.324 e. The summed E-state index contributed by atoms with van der Waals surface area (Å²) in [5.41, 5.74) is 2.90. The molecule has 0 bridgehead atoms. The van der Waals surface area contributed by atoms with Crippen molar-refractivity contribution in [3.8, 4) is 0 Å². The summed E-state index contributed by atoms with van der Waals surface area (Å²) in [6.07, 6.45) is 2.19. The maximum atomic E-state index is 14.1. The first-order valence-electron chi connectivity index (χ1n) is 9.84. The van der Waals surface area contributed by atoms with Crippen LogP contribution in [0.2, 0.25) is 0 Å². The Morgan fingerprint density at radius 1 is 1.10 bits per heavy atom. The van der Waals surface area contributed by atoms with Gasteiger partial charge in [-0.2, -0.15) is 0 Å². The molecule has 1 unspecified atom stereocenters. The molecule has 0 spiro atoms. The van der Waals surface area contributed by atoms with Crippen LogP contribution < -0.4 is 10.2 Å². The van der Waals surface area contributed by atoms with Crippen molar-refractivity contribution < 1.29 is 18.4 Å². The number of rotatable bonds is 2. The fourth-order valence-corrected chi connectivity index (χ4v) is 4.25. The number of carbonyl (C=O) groups excluding carboxylic acids is 2. The summed E-state index contributed by atoms with van der Waals surface area (Å²) >= 11 is 0. The molecule has 1 fully saturated rings. The molecular formula is C22H23F2N3O2. The van der Waals surface area contributed by atoms with Crippen molar-refractivity contribution >= 4 is 23.3 Å². The summed E-state index contributed by atoms with van der Waals surface area (Å²) < 4.78 is 27.7. The van der Waals surface area contributed by atoms with Crippen LogP contribution in [0.3, 0.4) is 0 Å². The first-order chi connectivity index (χ1) is 13.9. The Morgan fingerprint density at radius 2 is 1.93 bits per heavy atom. The van der Waals surface area contributed by atoms with E-state index in [0.717, 1.165) is 36.2 Å². The summed E-state index contributed by atoms with van der Waals surface area (Å²) in [5.74, 6) is -1.13. The molecule has 1 N–H and O–H groups in total. The number of hydrogen-bond donors (Lipinski definition) is 1. The highest BCUT2D eigenvalue weighted by atomic mass is 19.1. The Balaban J connectivity index is 1.45. The first-order valence-corrected chi connectivity index (χ1v) is 9.84. The van der Waals surface area contributed by atoms with Gasteiger partial charge in [0.1, 0.15) is 11.6 Å². The zero-order chi connectivity index (χ0) is 20.5. The third-order valence-electron chi connectivity index (χ3n) is 5.71. The lowest BCUT2D eigenvalue weighted by Gasteiger charge is -2.33. The van der Waals surface area contributed by atoms with Crippen LogP contribution in [0.5, 0.6) is 0 Å². The molecule has 2 aromatic carbocycles. The zero-order valence-electron chi connectivity index (χ0n) is 16.3. The molecule has 0 aromatic heterocycles. The molecule has 2 aliphatic rings. The number of hydrogen-bond acceptors (Lipinski definition) is 2. The quantitative estimate of drug-likeness (QED) is 0.819. The highest BCUT2D eigenvalue weighted by Gasteiger charge is 2.27. The second-order valence-electron chi connectivity index (χ2n) is 7.65. The Morgan fingerprint density at radius 3 is 2.72 bits per heavy atom. The van der Waals surface area contributed by atoms with Gasteiger partial charge in [0.25, 0.3) is 0 Å². The average molecular weight is 399 g/mol. The van der Waals surface area contributed by atoms with E-state index in [0.29, 0.717) is 37.3 Å². The van der Waals surface area contributed by atoms with Crippen molar-refractivity contribution in [2.45, 2.75) is 32.1 Å². The van der Waals surface area contributed by atoms with Crippen LogP contribution in [0.1, 0.15) is 36.8 Å². The molecule has 1 atom stereocenters. The summed E-state index contributed by atoms with van der Waals surface area (Å²) in [4.78, 5) is 27.8. The van der Waals surface area contributed by atoms with Crippen molar-refractivity contribution in [3.05, 3.63) is 59.2 Å². The predicted molar refractivity (Wildman–Crippen MR) is 107 cm³/mol. The van der Waals surface area contributed by atoms with Crippen molar-refractivity contribution in [3.63, 3.8) is 0 Å². The number of carbonyl (C=O) groups is 2. The van der Waals surface area contributed by atoms with E-state index >= 15 is 0 Å². The summed E-state index contributed by atoms with van der Waals surface area (Å²) in [7, 11) is 0. The van der Waals surface area contributed by atoms with Crippen LogP contribution in [0.25, 0.3) is 0 Å². The highest BCUT2D eigenvalue weighted by molar-refractivity contribution is 5.95. The molecule has 152 valence electrons. The molecule has 0 saturated carbocycles. The number of halogens is 2. The van der Waals surface area contributed by atoms with E-state index in [1.165, 1.54) is 6.07 Å². The lowest BCUT2D eigenvalue weighted by molar-refractivity contribution is -0.116. The fraction of sp³-hybridized carbons (Fsp3) is 0.364. The normalized spacial score (nSPS) is 18.5. The molecule has 3 amide bonds. The maximum Gasteiger partial charge on any atom is 0.321 e. The van der Waals surface area contributed by atoms with Gasteiger partial charge in [0.15, 0.2) is 0 Å². The highest BCUT2D eigenvalue weighted by Crippen LogP contribution is 2.32. The number of anilines is 2. The third-order valence-corrected chi connectivity index (χ3v) is 5.71. The molecule has 29 heavy (non-hydrogen) atoms. The van der Waals surface area contributed by atoms with Crippen molar-refractivity contribution in [1.29, 1.82) is 0 Å². The number of likely N-dealkylation sites (tertiary alicyclic amines) is 1. The molecule has 2 aliphatic heterocycles. The smallest absolute Gasteiger partial charge is 0.321 e. The van der Waals surface area contributed by atoms with E-state index in [4.69, 9.17) is 0 Å². The predicted octanol–water partition coefficient (Wildman–Crippen LogP) is 4.29. The average Bonchev–Trinajstić information content (AvgIpc) is 3.13. The van der Waals surface area contributed by atoms with E-state index in [9.17, 15) is 18.4 Å². The van der Waals surface area contributed by atoms with Crippen LogP contribution in [0.4, 0.5) is 25.0 Å². The maximum absolute atomic E-state index is 14.1. The third kappa shape index (κ3) is 3.95. The van der Waals surface area contributed by atoms with Gasteiger partial charge in [-0.25, -0.2) is 13.6 Å². The van der Waals surface area contributed by atoms with Crippen molar-refractivity contribution in [2.24, 2.45) is 0 Å². The van der Waals surface area contributed by atoms with Crippen LogP contribution in [0.15, 0.2) is 36.4 Å². The van der Waals surface area contributed by atoms with Crippen LogP contribution in [-0.4, -0.2) is 36.5 Å². The molecule has 0 radical (unpaired) electrons. The lowest BCUT2D eigenvalue weighted by atomic mass is 9.90. The van der Waals surface area contributed by atoms with Crippen LogP contribution in [0, 0.1) is 11.6 Å². The SMILES string of the molecule is CC(=O)N1CCc2cc(NC(=O)N3CCCC(c4cc(F)ccc4F)C3)ccc21. The summed E-state index contributed by atoms with van der Waals surface area (Å²) in [6.45, 7) is 3.10. The molecule has 1 saturated heterocycles. The number of amides is 3. The van der Waals surface area contributed by atoms with Crippen molar-refractivity contribution in [2.75, 3.05) is 29.9 Å². The number of urea groups is 1. The molecule has 2 heterocycles. The molecule has 5 nitrogen and oxygen atoms in total. The number of fused-ring (bicyclic) bond motifs is 1.